The van der Waals surface area contributed by atoms with Crippen molar-refractivity contribution in [1.82, 2.24) is 9.62 Å². The molecule has 1 fully saturated rings. The van der Waals surface area contributed by atoms with Crippen LogP contribution in [0.15, 0.2) is 23.1 Å². The Kier molecular flexibility index (Phi) is 5.65. The Bertz CT molecular complexity index is 549. The van der Waals surface area contributed by atoms with Crippen molar-refractivity contribution in [2.75, 3.05) is 19.6 Å². The first kappa shape index (κ1) is 16.7. The van der Waals surface area contributed by atoms with E-state index in [1.54, 1.807) is 19.1 Å². The molecular formula is C12H18Cl2N2O2S. The predicted molar refractivity (Wildman–Crippen MR) is 79.7 cm³/mol. The van der Waals surface area contributed by atoms with Crippen LogP contribution in [0.4, 0.5) is 0 Å². The standard InChI is InChI=1S/C12H17ClN2O2S.ClH/c1-9-3-4-11(13)7-12(9)18(16,17)15-6-5-14-10(2)8-15;/h3-4,7,10,14H,5-6,8H2,1-2H3;1H/t10-;/m1./s1. The second kappa shape index (κ2) is 6.41. The van der Waals surface area contributed by atoms with Crippen molar-refractivity contribution in [1.29, 1.82) is 0 Å². The molecule has 0 unspecified atom stereocenters. The summed E-state index contributed by atoms with van der Waals surface area (Å²) in [6.07, 6.45) is 0. The minimum absolute atomic E-state index is 0. The molecule has 7 heteroatoms. The van der Waals surface area contributed by atoms with Gasteiger partial charge in [0, 0.05) is 30.7 Å². The predicted octanol–water partition coefficient (Wildman–Crippen LogP) is 2.05. The van der Waals surface area contributed by atoms with Gasteiger partial charge in [-0.3, -0.25) is 0 Å². The fourth-order valence-electron chi connectivity index (χ4n) is 2.11. The molecule has 1 atom stereocenters. The summed E-state index contributed by atoms with van der Waals surface area (Å²) >= 11 is 5.90. The number of piperazine rings is 1. The van der Waals surface area contributed by atoms with E-state index in [0.717, 1.165) is 5.56 Å². The lowest BCUT2D eigenvalue weighted by atomic mass is 10.2. The number of halogens is 2. The van der Waals surface area contributed by atoms with Crippen LogP contribution in [0.3, 0.4) is 0 Å². The van der Waals surface area contributed by atoms with Gasteiger partial charge in [-0.1, -0.05) is 17.7 Å². The number of nitrogens with one attached hydrogen (secondary N) is 1. The molecule has 0 saturated carbocycles. The van der Waals surface area contributed by atoms with Gasteiger partial charge < -0.3 is 5.32 Å². The van der Waals surface area contributed by atoms with E-state index in [2.05, 4.69) is 5.32 Å². The Morgan fingerprint density at radius 3 is 2.74 bits per heavy atom. The van der Waals surface area contributed by atoms with Crippen molar-refractivity contribution in [2.45, 2.75) is 24.8 Å². The molecule has 1 aliphatic rings. The molecule has 4 nitrogen and oxygen atoms in total. The molecule has 108 valence electrons. The van der Waals surface area contributed by atoms with E-state index in [1.165, 1.54) is 10.4 Å². The summed E-state index contributed by atoms with van der Waals surface area (Å²) in [5, 5.41) is 3.68. The lowest BCUT2D eigenvalue weighted by Gasteiger charge is -2.31. The lowest BCUT2D eigenvalue weighted by Crippen LogP contribution is -2.51. The van der Waals surface area contributed by atoms with Crippen molar-refractivity contribution in [3.8, 4) is 0 Å². The SMILES string of the molecule is Cc1ccc(Cl)cc1S(=O)(=O)N1CCN[C@H](C)C1.Cl. The van der Waals surface area contributed by atoms with Crippen LogP contribution in [-0.4, -0.2) is 38.4 Å². The van der Waals surface area contributed by atoms with Gasteiger partial charge in [0.05, 0.1) is 4.90 Å². The molecule has 1 N–H and O–H groups in total. The first-order valence-corrected chi connectivity index (χ1v) is 7.73. The Morgan fingerprint density at radius 2 is 2.11 bits per heavy atom. The van der Waals surface area contributed by atoms with E-state index in [0.29, 0.717) is 29.6 Å². The maximum absolute atomic E-state index is 12.5. The van der Waals surface area contributed by atoms with E-state index < -0.39 is 10.0 Å². The van der Waals surface area contributed by atoms with Crippen LogP contribution in [0.25, 0.3) is 0 Å². The molecule has 0 bridgehead atoms. The van der Waals surface area contributed by atoms with Crippen molar-refractivity contribution < 1.29 is 8.42 Å². The Hall–Kier alpha value is -0.330. The van der Waals surface area contributed by atoms with Crippen LogP contribution in [0, 0.1) is 6.92 Å². The molecule has 1 aliphatic heterocycles. The summed E-state index contributed by atoms with van der Waals surface area (Å²) in [6, 6.07) is 5.14. The first-order chi connectivity index (χ1) is 8.41. The first-order valence-electron chi connectivity index (χ1n) is 5.91. The van der Waals surface area contributed by atoms with E-state index >= 15 is 0 Å². The van der Waals surface area contributed by atoms with E-state index in [-0.39, 0.29) is 18.4 Å². The van der Waals surface area contributed by atoms with Gasteiger partial charge in [0.1, 0.15) is 0 Å². The van der Waals surface area contributed by atoms with Crippen molar-refractivity contribution in [2.24, 2.45) is 0 Å². The third-order valence-electron chi connectivity index (χ3n) is 3.10. The Balaban J connectivity index is 0.00000180. The highest BCUT2D eigenvalue weighted by atomic mass is 35.5. The normalized spacial score (nSPS) is 20.9. The van der Waals surface area contributed by atoms with E-state index in [9.17, 15) is 8.42 Å². The minimum Gasteiger partial charge on any atom is -0.312 e. The topological polar surface area (TPSA) is 49.4 Å². The average molecular weight is 325 g/mol. The molecule has 1 saturated heterocycles. The maximum atomic E-state index is 12.5. The van der Waals surface area contributed by atoms with E-state index in [1.807, 2.05) is 6.92 Å². The molecule has 0 spiro atoms. The third-order valence-corrected chi connectivity index (χ3v) is 5.34. The second-order valence-corrected chi connectivity index (χ2v) is 6.97. The summed E-state index contributed by atoms with van der Waals surface area (Å²) in [4.78, 5) is 0.309. The molecule has 0 aromatic heterocycles. The van der Waals surface area contributed by atoms with Crippen LogP contribution in [0.2, 0.25) is 5.02 Å². The van der Waals surface area contributed by atoms with E-state index in [4.69, 9.17) is 11.6 Å². The zero-order valence-corrected chi connectivity index (χ0v) is 13.3. The maximum Gasteiger partial charge on any atom is 0.243 e. The summed E-state index contributed by atoms with van der Waals surface area (Å²) < 4.78 is 26.6. The van der Waals surface area contributed by atoms with Crippen molar-refractivity contribution >= 4 is 34.0 Å². The number of hydrogen-bond donors (Lipinski definition) is 1. The van der Waals surface area contributed by atoms with Crippen LogP contribution in [-0.2, 0) is 10.0 Å². The van der Waals surface area contributed by atoms with Crippen LogP contribution >= 0.6 is 24.0 Å². The van der Waals surface area contributed by atoms with Crippen LogP contribution in [0.1, 0.15) is 12.5 Å². The molecule has 1 aromatic rings. The molecule has 19 heavy (non-hydrogen) atoms. The highest BCUT2D eigenvalue weighted by Gasteiger charge is 2.29. The number of benzene rings is 1. The zero-order chi connectivity index (χ0) is 13.3. The summed E-state index contributed by atoms with van der Waals surface area (Å²) in [6.45, 7) is 5.44. The largest absolute Gasteiger partial charge is 0.312 e. The summed E-state index contributed by atoms with van der Waals surface area (Å²) in [5.74, 6) is 0. The fourth-order valence-corrected chi connectivity index (χ4v) is 4.12. The number of hydrogen-bond acceptors (Lipinski definition) is 3. The summed E-state index contributed by atoms with van der Waals surface area (Å²) in [7, 11) is -3.44. The quantitative estimate of drug-likeness (QED) is 0.905. The number of nitrogens with zero attached hydrogens (tertiary/aromatic N) is 1. The second-order valence-electron chi connectivity index (χ2n) is 4.63. The molecule has 0 radical (unpaired) electrons. The number of sulfonamides is 1. The zero-order valence-electron chi connectivity index (χ0n) is 10.9. The van der Waals surface area contributed by atoms with Gasteiger partial charge in [-0.15, -0.1) is 12.4 Å². The monoisotopic (exact) mass is 324 g/mol. The molecular weight excluding hydrogens is 307 g/mol. The van der Waals surface area contributed by atoms with Gasteiger partial charge in [0.2, 0.25) is 10.0 Å². The highest BCUT2D eigenvalue weighted by molar-refractivity contribution is 7.89. The highest BCUT2D eigenvalue weighted by Crippen LogP contribution is 2.24. The van der Waals surface area contributed by atoms with Crippen LogP contribution < -0.4 is 5.32 Å². The molecule has 0 amide bonds. The van der Waals surface area contributed by atoms with Crippen molar-refractivity contribution in [3.05, 3.63) is 28.8 Å². The van der Waals surface area contributed by atoms with Gasteiger partial charge in [0.25, 0.3) is 0 Å². The number of rotatable bonds is 2. The molecule has 2 rings (SSSR count). The van der Waals surface area contributed by atoms with Crippen molar-refractivity contribution in [3.63, 3.8) is 0 Å². The smallest absolute Gasteiger partial charge is 0.243 e. The minimum atomic E-state index is -3.44. The molecule has 1 heterocycles. The summed E-state index contributed by atoms with van der Waals surface area (Å²) in [5.41, 5.74) is 0.727. The third kappa shape index (κ3) is 3.61. The molecule has 0 aliphatic carbocycles. The van der Waals surface area contributed by atoms with Gasteiger partial charge in [-0.2, -0.15) is 4.31 Å². The van der Waals surface area contributed by atoms with Gasteiger partial charge in [-0.25, -0.2) is 8.42 Å². The van der Waals surface area contributed by atoms with Crippen LogP contribution in [0.5, 0.6) is 0 Å². The van der Waals surface area contributed by atoms with Gasteiger partial charge in [0.15, 0.2) is 0 Å². The Morgan fingerprint density at radius 1 is 1.42 bits per heavy atom. The lowest BCUT2D eigenvalue weighted by molar-refractivity contribution is 0.310. The Labute approximate surface area is 125 Å². The number of aryl methyl sites for hydroxylation is 1. The molecule has 1 aromatic carbocycles. The average Bonchev–Trinajstić information content (AvgIpc) is 2.32. The van der Waals surface area contributed by atoms with Gasteiger partial charge >= 0.3 is 0 Å². The van der Waals surface area contributed by atoms with Gasteiger partial charge in [-0.05, 0) is 31.5 Å². The fraction of sp³-hybridized carbons (Fsp3) is 0.500.